The monoisotopic (exact) mass is 278 g/mol. The highest BCUT2D eigenvalue weighted by Crippen LogP contribution is 2.38. The molecule has 3 nitrogen and oxygen atoms in total. The molecule has 1 heterocycles. The van der Waals surface area contributed by atoms with Crippen LogP contribution in [0.3, 0.4) is 0 Å². The van der Waals surface area contributed by atoms with Crippen molar-refractivity contribution in [1.29, 1.82) is 0 Å². The Labute approximate surface area is 119 Å². The molecule has 2 rings (SSSR count). The van der Waals surface area contributed by atoms with E-state index in [-0.39, 0.29) is 5.91 Å². The quantitative estimate of drug-likeness (QED) is 0.838. The summed E-state index contributed by atoms with van der Waals surface area (Å²) in [4.78, 5) is 13.0. The first kappa shape index (κ1) is 14.4. The normalized spacial score (nSPS) is 17.5. The fraction of sp³-hybridized carbons (Fsp3) is 0.533. The van der Waals surface area contributed by atoms with E-state index in [1.54, 1.807) is 0 Å². The number of nitrogens with one attached hydrogen (secondary N) is 2. The molecule has 0 spiro atoms. The minimum absolute atomic E-state index is 0.0904. The number of benzene rings is 1. The van der Waals surface area contributed by atoms with Crippen LogP contribution < -0.4 is 10.6 Å². The van der Waals surface area contributed by atoms with Crippen molar-refractivity contribution in [2.24, 2.45) is 5.92 Å². The summed E-state index contributed by atoms with van der Waals surface area (Å²) in [5.41, 5.74) is 1.42. The number of rotatable bonds is 6. The van der Waals surface area contributed by atoms with E-state index >= 15 is 0 Å². The summed E-state index contributed by atoms with van der Waals surface area (Å²) in [6.45, 7) is 6.23. The zero-order valence-corrected chi connectivity index (χ0v) is 12.4. The van der Waals surface area contributed by atoms with Crippen molar-refractivity contribution in [3.63, 3.8) is 0 Å². The number of thioether (sulfide) groups is 1. The van der Waals surface area contributed by atoms with Crippen molar-refractivity contribution in [1.82, 2.24) is 10.6 Å². The molecule has 1 aliphatic rings. The van der Waals surface area contributed by atoms with Crippen LogP contribution in [0.25, 0.3) is 0 Å². The van der Waals surface area contributed by atoms with Crippen LogP contribution >= 0.6 is 11.8 Å². The molecule has 0 bridgehead atoms. The lowest BCUT2D eigenvalue weighted by Gasteiger charge is -2.12. The van der Waals surface area contributed by atoms with Gasteiger partial charge in [0.2, 0.25) is 5.91 Å². The minimum atomic E-state index is 0.0904. The van der Waals surface area contributed by atoms with Gasteiger partial charge in [0.25, 0.3) is 0 Å². The van der Waals surface area contributed by atoms with E-state index < -0.39 is 0 Å². The Kier molecular flexibility index (Phi) is 5.28. The molecule has 0 saturated carbocycles. The van der Waals surface area contributed by atoms with E-state index in [9.17, 15) is 4.79 Å². The van der Waals surface area contributed by atoms with E-state index in [1.165, 1.54) is 10.5 Å². The van der Waals surface area contributed by atoms with Crippen LogP contribution in [0.5, 0.6) is 0 Å². The largest absolute Gasteiger partial charge is 0.355 e. The summed E-state index contributed by atoms with van der Waals surface area (Å²) in [7, 11) is 0. The van der Waals surface area contributed by atoms with Gasteiger partial charge in [0.05, 0.1) is 6.54 Å². The van der Waals surface area contributed by atoms with Gasteiger partial charge < -0.3 is 10.6 Å². The Morgan fingerprint density at radius 3 is 3.00 bits per heavy atom. The first-order chi connectivity index (χ1) is 9.16. The third-order valence-corrected chi connectivity index (χ3v) is 4.43. The number of fused-ring (bicyclic) bond motifs is 1. The molecule has 2 N–H and O–H groups in total. The highest BCUT2D eigenvalue weighted by atomic mass is 32.2. The summed E-state index contributed by atoms with van der Waals surface area (Å²) in [6.07, 6.45) is 0. The molecular weight excluding hydrogens is 256 g/mol. The van der Waals surface area contributed by atoms with Crippen molar-refractivity contribution >= 4 is 17.7 Å². The lowest BCUT2D eigenvalue weighted by atomic mass is 10.0. The predicted molar refractivity (Wildman–Crippen MR) is 80.6 cm³/mol. The highest BCUT2D eigenvalue weighted by Gasteiger charge is 2.22. The van der Waals surface area contributed by atoms with Gasteiger partial charge in [-0.2, -0.15) is 0 Å². The molecule has 0 fully saturated rings. The van der Waals surface area contributed by atoms with Crippen LogP contribution in [0.15, 0.2) is 29.2 Å². The molecule has 1 amide bonds. The van der Waals surface area contributed by atoms with Gasteiger partial charge in [0.15, 0.2) is 0 Å². The molecule has 0 saturated heterocycles. The summed E-state index contributed by atoms with van der Waals surface area (Å²) in [5, 5.41) is 6.19. The number of amides is 1. The van der Waals surface area contributed by atoms with Gasteiger partial charge in [-0.1, -0.05) is 32.0 Å². The first-order valence-corrected chi connectivity index (χ1v) is 7.84. The molecule has 0 aliphatic carbocycles. The zero-order chi connectivity index (χ0) is 13.7. The molecule has 1 atom stereocenters. The molecular formula is C15H22N2OS. The number of carbonyl (C=O) groups is 1. The summed E-state index contributed by atoms with van der Waals surface area (Å²) >= 11 is 1.91. The third kappa shape index (κ3) is 4.25. The molecule has 104 valence electrons. The lowest BCUT2D eigenvalue weighted by molar-refractivity contribution is -0.120. The van der Waals surface area contributed by atoms with E-state index in [1.807, 2.05) is 11.8 Å². The van der Waals surface area contributed by atoms with Crippen LogP contribution in [-0.4, -0.2) is 31.3 Å². The fourth-order valence-electron chi connectivity index (χ4n) is 2.14. The van der Waals surface area contributed by atoms with Gasteiger partial charge in [-0.25, -0.2) is 0 Å². The molecule has 1 unspecified atom stereocenters. The summed E-state index contributed by atoms with van der Waals surface area (Å²) < 4.78 is 0. The van der Waals surface area contributed by atoms with E-state index in [4.69, 9.17) is 0 Å². The van der Waals surface area contributed by atoms with Gasteiger partial charge in [-0.3, -0.25) is 4.79 Å². The Hall–Kier alpha value is -1.00. The van der Waals surface area contributed by atoms with Crippen molar-refractivity contribution < 1.29 is 4.79 Å². The Balaban J connectivity index is 1.71. The second-order valence-corrected chi connectivity index (χ2v) is 6.44. The van der Waals surface area contributed by atoms with E-state index in [2.05, 4.69) is 48.7 Å². The molecule has 19 heavy (non-hydrogen) atoms. The topological polar surface area (TPSA) is 41.1 Å². The van der Waals surface area contributed by atoms with E-state index in [0.29, 0.717) is 18.4 Å². The molecule has 1 aromatic rings. The fourth-order valence-corrected chi connectivity index (χ4v) is 3.39. The number of hydrogen-bond donors (Lipinski definition) is 2. The number of hydrogen-bond acceptors (Lipinski definition) is 3. The Morgan fingerprint density at radius 2 is 2.21 bits per heavy atom. The summed E-state index contributed by atoms with van der Waals surface area (Å²) in [5.74, 6) is 2.23. The molecule has 0 radical (unpaired) electrons. The second kappa shape index (κ2) is 6.96. The van der Waals surface area contributed by atoms with Crippen LogP contribution in [0, 0.1) is 5.92 Å². The average molecular weight is 278 g/mol. The maximum Gasteiger partial charge on any atom is 0.233 e. The lowest BCUT2D eigenvalue weighted by Crippen LogP contribution is -2.37. The van der Waals surface area contributed by atoms with Crippen molar-refractivity contribution in [3.05, 3.63) is 29.8 Å². The smallest absolute Gasteiger partial charge is 0.233 e. The van der Waals surface area contributed by atoms with Crippen molar-refractivity contribution in [2.45, 2.75) is 24.7 Å². The number of carbonyl (C=O) groups excluding carboxylic acids is 1. The Morgan fingerprint density at radius 1 is 1.42 bits per heavy atom. The van der Waals surface area contributed by atoms with Gasteiger partial charge >= 0.3 is 0 Å². The van der Waals surface area contributed by atoms with Crippen molar-refractivity contribution in [3.8, 4) is 0 Å². The minimum Gasteiger partial charge on any atom is -0.355 e. The average Bonchev–Trinajstić information content (AvgIpc) is 2.80. The van der Waals surface area contributed by atoms with Gasteiger partial charge in [-0.05, 0) is 17.5 Å². The first-order valence-electron chi connectivity index (χ1n) is 6.86. The third-order valence-electron chi connectivity index (χ3n) is 3.18. The SMILES string of the molecule is CC(C)CNC(=O)CNCC1CSc2ccccc21. The molecule has 0 aromatic heterocycles. The maximum atomic E-state index is 11.6. The van der Waals surface area contributed by atoms with Gasteiger partial charge in [0, 0.05) is 29.7 Å². The van der Waals surface area contributed by atoms with Gasteiger partial charge in [-0.15, -0.1) is 11.8 Å². The predicted octanol–water partition coefficient (Wildman–Crippen LogP) is 2.24. The molecule has 1 aromatic carbocycles. The van der Waals surface area contributed by atoms with Crippen LogP contribution in [-0.2, 0) is 4.79 Å². The zero-order valence-electron chi connectivity index (χ0n) is 11.6. The van der Waals surface area contributed by atoms with Crippen molar-refractivity contribution in [2.75, 3.05) is 25.4 Å². The van der Waals surface area contributed by atoms with E-state index in [0.717, 1.165) is 18.8 Å². The summed E-state index contributed by atoms with van der Waals surface area (Å²) in [6, 6.07) is 8.55. The van der Waals surface area contributed by atoms with Gasteiger partial charge in [0.1, 0.15) is 0 Å². The molecule has 4 heteroatoms. The Bertz CT molecular complexity index is 434. The second-order valence-electron chi connectivity index (χ2n) is 5.37. The standard InChI is InChI=1S/C15H22N2OS/c1-11(2)7-17-15(18)9-16-8-12-10-19-14-6-4-3-5-13(12)14/h3-6,11-12,16H,7-10H2,1-2H3,(H,17,18). The van der Waals surface area contributed by atoms with Crippen LogP contribution in [0.4, 0.5) is 0 Å². The molecule has 1 aliphatic heterocycles. The van der Waals surface area contributed by atoms with Crippen LogP contribution in [0.2, 0.25) is 0 Å². The van der Waals surface area contributed by atoms with Crippen LogP contribution in [0.1, 0.15) is 25.3 Å². The maximum absolute atomic E-state index is 11.6. The highest BCUT2D eigenvalue weighted by molar-refractivity contribution is 7.99.